The van der Waals surface area contributed by atoms with Crippen molar-refractivity contribution in [2.45, 2.75) is 6.42 Å². The number of hydrogen-bond donors (Lipinski definition) is 10. The number of nitrogens with zero attached hydrogens (tertiary/aromatic N) is 10. The predicted molar refractivity (Wildman–Crippen MR) is 567 cm³/mol. The monoisotopic (exact) mass is 1960 g/mol. The molecule has 138 heavy (non-hydrogen) atoms. The first kappa shape index (κ1) is 93.3. The molecule has 0 aliphatic carbocycles. The summed E-state index contributed by atoms with van der Waals surface area (Å²) in [6.45, 7) is 19.5. The van der Waals surface area contributed by atoms with Crippen molar-refractivity contribution in [2.75, 3.05) is 189 Å². The maximum atomic E-state index is 12.9. The Hall–Kier alpha value is -13.7. The number of furan rings is 1. The highest BCUT2D eigenvalue weighted by Crippen LogP contribution is 2.39. The van der Waals surface area contributed by atoms with Gasteiger partial charge in [-0.2, -0.15) is 0 Å². The number of hydrogen-bond acceptors (Lipinski definition) is 29. The van der Waals surface area contributed by atoms with Crippen molar-refractivity contribution in [1.82, 2.24) is 51.5 Å². The Balaban J connectivity index is 0.000000110. The van der Waals surface area contributed by atoms with Crippen LogP contribution >= 0.6 is 79.4 Å². The fourth-order valence-corrected chi connectivity index (χ4v) is 22.4. The van der Waals surface area contributed by atoms with Crippen molar-refractivity contribution < 1.29 is 33.1 Å². The molecule has 5 fully saturated rings. The SMILES string of the molecule is O=C(Nc1ccccc1N1CCNCC1)c1csc(-c2ccc3c(c2)CCO3)n1.O=C(Nc1ccccc1N1CCNCC1)c1csc(-c2ccc3occc3c2)n1.O=C(Nc1ccccc1N1CCNCC1)c1csc(-c2ccc3sccc3c2)n1.O=C(Nc1ccccc1N1CCNCC1)c1csc(-c2ccccc2)n1.O=C(Nc1ccccc1N1CCNCC1)c1csc(-c2cccs2)n1. The number of thiophene rings is 2. The quantitative estimate of drug-likeness (QED) is 0.0339. The number of ether oxygens (including phenoxy) is 1. The van der Waals surface area contributed by atoms with Crippen LogP contribution in [0.4, 0.5) is 56.9 Å². The van der Waals surface area contributed by atoms with Gasteiger partial charge in [0.2, 0.25) is 0 Å². The topological polar surface area (TPSA) is 309 Å². The molecule has 5 saturated heterocycles. The first-order valence-corrected chi connectivity index (χ1v) is 52.0. The maximum Gasteiger partial charge on any atom is 0.275 e. The van der Waals surface area contributed by atoms with E-state index in [1.54, 1.807) is 34.3 Å². The zero-order valence-electron chi connectivity index (χ0n) is 75.3. The predicted octanol–water partition coefficient (Wildman–Crippen LogP) is 19.3. The fourth-order valence-electron chi connectivity index (χ4n) is 16.8. The molecule has 0 atom stereocenters. The van der Waals surface area contributed by atoms with E-state index in [2.05, 4.69) is 163 Å². The minimum absolute atomic E-state index is 0.165. The van der Waals surface area contributed by atoms with Gasteiger partial charge >= 0.3 is 0 Å². The van der Waals surface area contributed by atoms with Gasteiger partial charge in [0, 0.05) is 197 Å². The number of carbonyl (C=O) groups excluding carboxylic acids is 5. The molecule has 9 aromatic carbocycles. The highest BCUT2D eigenvalue weighted by atomic mass is 32.1. The van der Waals surface area contributed by atoms with E-state index in [4.69, 9.17) is 9.15 Å². The van der Waals surface area contributed by atoms with Gasteiger partial charge in [0.05, 0.1) is 74.6 Å². The van der Waals surface area contributed by atoms with Crippen LogP contribution in [-0.4, -0.2) is 192 Å². The molecule has 700 valence electrons. The number of benzene rings is 9. The van der Waals surface area contributed by atoms with Crippen LogP contribution in [0.2, 0.25) is 0 Å². The lowest BCUT2D eigenvalue weighted by molar-refractivity contribution is 0.101. The molecule has 0 unspecified atom stereocenters. The Bertz CT molecular complexity index is 6840. The third kappa shape index (κ3) is 23.2. The van der Waals surface area contributed by atoms with Gasteiger partial charge in [-0.3, -0.25) is 24.0 Å². The largest absolute Gasteiger partial charge is 0.493 e. The van der Waals surface area contributed by atoms with Crippen LogP contribution in [0.5, 0.6) is 5.75 Å². The number of anilines is 10. The number of rotatable bonds is 20. The van der Waals surface area contributed by atoms with Gasteiger partial charge in [0.25, 0.3) is 29.5 Å². The molecular weight excluding hydrogens is 1870 g/mol. The minimum Gasteiger partial charge on any atom is -0.493 e. The lowest BCUT2D eigenvalue weighted by Gasteiger charge is -2.31. The summed E-state index contributed by atoms with van der Waals surface area (Å²) in [6, 6.07) is 76.0. The molecular formula is C104H100N20O7S7. The molecule has 5 amide bonds. The van der Waals surface area contributed by atoms with Crippen LogP contribution in [0, 0.1) is 0 Å². The van der Waals surface area contributed by atoms with Gasteiger partial charge in [-0.25, -0.2) is 24.9 Å². The van der Waals surface area contributed by atoms with Crippen LogP contribution in [0.3, 0.4) is 0 Å². The molecule has 6 aliphatic heterocycles. The molecule has 17 aromatic rings. The molecule has 10 N–H and O–H groups in total. The first-order valence-electron chi connectivity index (χ1n) is 45.8. The number of carbonyl (C=O) groups is 5. The number of fused-ring (bicyclic) bond motifs is 3. The fraction of sp³-hybridized carbons (Fsp3) is 0.212. The summed E-state index contributed by atoms with van der Waals surface area (Å²) in [5.74, 6) is 0.0613. The van der Waals surface area contributed by atoms with Crippen molar-refractivity contribution >= 4 is 187 Å². The van der Waals surface area contributed by atoms with E-state index in [1.165, 1.54) is 72.3 Å². The number of nitrogens with one attached hydrogen (secondary N) is 10. The van der Waals surface area contributed by atoms with E-state index < -0.39 is 0 Å². The Morgan fingerprint density at radius 2 is 0.638 bits per heavy atom. The van der Waals surface area contributed by atoms with Crippen molar-refractivity contribution in [3.05, 3.63) is 308 Å². The van der Waals surface area contributed by atoms with Crippen LogP contribution in [-0.2, 0) is 6.42 Å². The number of piperazine rings is 5. The molecule has 34 heteroatoms. The summed E-state index contributed by atoms with van der Waals surface area (Å²) in [4.78, 5) is 99.2. The third-order valence-corrected chi connectivity index (χ3v) is 30.2. The molecule has 0 radical (unpaired) electrons. The Morgan fingerprint density at radius 3 is 1.03 bits per heavy atom. The number of aromatic nitrogens is 5. The number of thiazole rings is 5. The second-order valence-corrected chi connectivity index (χ2v) is 39.0. The maximum absolute atomic E-state index is 12.9. The van der Waals surface area contributed by atoms with Gasteiger partial charge in [0.15, 0.2) is 0 Å². The van der Waals surface area contributed by atoms with Gasteiger partial charge in [-0.05, 0) is 149 Å². The van der Waals surface area contributed by atoms with Crippen molar-refractivity contribution in [3.63, 3.8) is 0 Å². The first-order chi connectivity index (χ1) is 67.9. The lowest BCUT2D eigenvalue weighted by atomic mass is 10.1. The summed E-state index contributed by atoms with van der Waals surface area (Å²) in [7, 11) is 0. The Kier molecular flexibility index (Phi) is 30.8. The molecule has 27 nitrogen and oxygen atoms in total. The summed E-state index contributed by atoms with van der Waals surface area (Å²) in [5, 5.41) is 51.7. The molecule has 0 bridgehead atoms. The number of amides is 5. The molecule has 8 aromatic heterocycles. The van der Waals surface area contributed by atoms with E-state index >= 15 is 0 Å². The van der Waals surface area contributed by atoms with Crippen molar-refractivity contribution in [3.8, 4) is 57.9 Å². The van der Waals surface area contributed by atoms with Gasteiger partial charge in [-0.1, -0.05) is 103 Å². The zero-order chi connectivity index (χ0) is 93.7. The van der Waals surface area contributed by atoms with E-state index in [-0.39, 0.29) is 29.5 Å². The normalized spacial score (nSPS) is 14.6. The third-order valence-electron chi connectivity index (χ3n) is 23.8. The second kappa shape index (κ2) is 45.5. The molecule has 0 saturated carbocycles. The molecule has 14 heterocycles. The average Bonchev–Trinajstić information content (AvgIpc) is 1.57. The van der Waals surface area contributed by atoms with Crippen LogP contribution in [0.1, 0.15) is 58.0 Å². The highest BCUT2D eigenvalue weighted by Gasteiger charge is 2.27. The van der Waals surface area contributed by atoms with E-state index in [0.717, 1.165) is 270 Å². The van der Waals surface area contributed by atoms with Gasteiger partial charge < -0.3 is 86.8 Å². The summed E-state index contributed by atoms with van der Waals surface area (Å²) in [5.41, 5.74) is 17.7. The van der Waals surface area contributed by atoms with Crippen molar-refractivity contribution in [2.24, 2.45) is 0 Å². The Labute approximate surface area is 826 Å². The van der Waals surface area contributed by atoms with Crippen molar-refractivity contribution in [1.29, 1.82) is 0 Å². The summed E-state index contributed by atoms with van der Waals surface area (Å²) < 4.78 is 12.2. The smallest absolute Gasteiger partial charge is 0.275 e. The van der Waals surface area contributed by atoms with Gasteiger partial charge in [-0.15, -0.1) is 79.4 Å². The van der Waals surface area contributed by atoms with Crippen LogP contribution in [0.15, 0.2) is 279 Å². The molecule has 0 spiro atoms. The zero-order valence-corrected chi connectivity index (χ0v) is 81.0. The second-order valence-electron chi connectivity index (χ2n) is 32.8. The highest BCUT2D eigenvalue weighted by molar-refractivity contribution is 7.20. The lowest BCUT2D eigenvalue weighted by Crippen LogP contribution is -2.43. The van der Waals surface area contributed by atoms with Gasteiger partial charge in [0.1, 0.15) is 64.8 Å². The van der Waals surface area contributed by atoms with E-state index in [1.807, 2.05) is 203 Å². The number of para-hydroxylation sites is 10. The average molecular weight is 1970 g/mol. The molecule has 6 aliphatic rings. The van der Waals surface area contributed by atoms with E-state index in [9.17, 15) is 24.0 Å². The standard InChI is InChI=1S/C22H22N4O2S.C22H20N4O2S.C22H20N4OS2.C20H20N4OS.C18H18N4OS2/c3*27-21(24-17-3-1-2-4-19(17)26-10-8-23-9-11-26)18-14-29-22(25-18)16-5-6-20-15(13-16)7-12-28-20;25-19(17-14-26-20(23-17)15-6-2-1-3-7-15)22-16-8-4-5-9-18(16)24-12-10-21-11-13-24;23-17(14-12-25-18(21-14)16-6-3-11-24-16)20-13-4-1-2-5-15(13)22-9-7-19-8-10-22/h1-6,13-14,23H,7-12H2,(H,24,27);2*1-7,12-14,23H,8-11H2,(H,24,27);1-9,14,21H,10-13H2,(H,22,25);1-6,11-12,19H,7-10H2,(H,20,23). The van der Waals surface area contributed by atoms with E-state index in [0.29, 0.717) is 28.5 Å². The molecule has 23 rings (SSSR count). The minimum atomic E-state index is -0.195. The van der Waals surface area contributed by atoms with Crippen LogP contribution < -0.4 is 82.4 Å². The Morgan fingerprint density at radius 1 is 0.297 bits per heavy atom. The summed E-state index contributed by atoms with van der Waals surface area (Å²) in [6.07, 6.45) is 2.59. The summed E-state index contributed by atoms with van der Waals surface area (Å²) >= 11 is 10.8. The van der Waals surface area contributed by atoms with Crippen LogP contribution in [0.25, 0.3) is 73.2 Å².